The first-order valence-electron chi connectivity index (χ1n) is 8.20. The number of benzene rings is 1. The minimum atomic E-state index is -5.08. The number of hydrazone groups is 1. The zero-order chi connectivity index (χ0) is 18.2. The van der Waals surface area contributed by atoms with Crippen LogP contribution in [0.4, 0.5) is 13.2 Å². The number of rotatable bonds is 2. The summed E-state index contributed by atoms with van der Waals surface area (Å²) in [5.74, 6) is -2.58. The first-order chi connectivity index (χ1) is 11.8. The normalized spacial score (nSPS) is 28.1. The third kappa shape index (κ3) is 2.93. The first kappa shape index (κ1) is 17.9. The number of hydrogen-bond acceptors (Lipinski definition) is 4. The number of aliphatic hydroxyl groups excluding tert-OH is 1. The molecule has 1 saturated carbocycles. The Balaban J connectivity index is 1.99. The summed E-state index contributed by atoms with van der Waals surface area (Å²) in [6.07, 6.45) is -4.59. The zero-order valence-corrected chi connectivity index (χ0v) is 13.4. The van der Waals surface area contributed by atoms with Crippen LogP contribution in [0.15, 0.2) is 35.4 Å². The van der Waals surface area contributed by atoms with Crippen LogP contribution < -0.4 is 0 Å². The summed E-state index contributed by atoms with van der Waals surface area (Å²) >= 11 is 0. The van der Waals surface area contributed by atoms with Crippen LogP contribution >= 0.6 is 0 Å². The van der Waals surface area contributed by atoms with Gasteiger partial charge in [0.25, 0.3) is 11.6 Å². The fourth-order valence-electron chi connectivity index (χ4n) is 3.51. The monoisotopic (exact) mass is 356 g/mol. The minimum Gasteiger partial charge on any atom is -0.378 e. The second-order valence-corrected chi connectivity index (χ2v) is 6.43. The van der Waals surface area contributed by atoms with E-state index in [9.17, 15) is 28.2 Å². The number of carbonyl (C=O) groups is 1. The molecule has 2 aliphatic rings. The first-order valence-corrected chi connectivity index (χ1v) is 8.20. The lowest BCUT2D eigenvalue weighted by molar-refractivity contribution is -0.318. The van der Waals surface area contributed by atoms with Crippen molar-refractivity contribution in [2.24, 2.45) is 11.0 Å². The van der Waals surface area contributed by atoms with E-state index in [1.54, 1.807) is 18.2 Å². The Morgan fingerprint density at radius 2 is 1.92 bits per heavy atom. The van der Waals surface area contributed by atoms with Crippen molar-refractivity contribution in [2.75, 3.05) is 0 Å². The van der Waals surface area contributed by atoms with Gasteiger partial charge < -0.3 is 10.2 Å². The van der Waals surface area contributed by atoms with Crippen molar-refractivity contribution in [3.63, 3.8) is 0 Å². The molecule has 3 atom stereocenters. The highest BCUT2D eigenvalue weighted by Crippen LogP contribution is 2.48. The SMILES string of the molecule is O=C([C@H](O)c1ccccc1)N1N=C2CCCCC[C@@H]2[C@]1(O)C(F)(F)F. The number of halogens is 3. The van der Waals surface area contributed by atoms with E-state index in [0.717, 1.165) is 6.42 Å². The van der Waals surface area contributed by atoms with Crippen molar-refractivity contribution < 1.29 is 28.2 Å². The van der Waals surface area contributed by atoms with E-state index in [1.165, 1.54) is 12.1 Å². The summed E-state index contributed by atoms with van der Waals surface area (Å²) < 4.78 is 41.2. The van der Waals surface area contributed by atoms with Gasteiger partial charge in [0.05, 0.1) is 5.92 Å². The molecule has 0 bridgehead atoms. The molecule has 8 heteroatoms. The van der Waals surface area contributed by atoms with Crippen LogP contribution in [0.1, 0.15) is 43.8 Å². The maximum atomic E-state index is 13.7. The molecule has 1 fully saturated rings. The van der Waals surface area contributed by atoms with E-state index in [0.29, 0.717) is 19.3 Å². The second-order valence-electron chi connectivity index (χ2n) is 6.43. The van der Waals surface area contributed by atoms with Crippen molar-refractivity contribution in [2.45, 2.75) is 50.1 Å². The fourth-order valence-corrected chi connectivity index (χ4v) is 3.51. The molecule has 5 nitrogen and oxygen atoms in total. The summed E-state index contributed by atoms with van der Waals surface area (Å²) in [5, 5.41) is 24.6. The Morgan fingerprint density at radius 1 is 1.24 bits per heavy atom. The summed E-state index contributed by atoms with van der Waals surface area (Å²) in [4.78, 5) is 12.5. The number of amides is 1. The van der Waals surface area contributed by atoms with E-state index >= 15 is 0 Å². The molecule has 0 aromatic heterocycles. The fraction of sp³-hybridized carbons (Fsp3) is 0.529. The largest absolute Gasteiger partial charge is 0.439 e. The Kier molecular flexibility index (Phi) is 4.59. The van der Waals surface area contributed by atoms with Crippen molar-refractivity contribution in [1.82, 2.24) is 5.01 Å². The van der Waals surface area contributed by atoms with Gasteiger partial charge in [-0.15, -0.1) is 0 Å². The van der Waals surface area contributed by atoms with Gasteiger partial charge >= 0.3 is 6.18 Å². The molecule has 1 aliphatic carbocycles. The molecule has 25 heavy (non-hydrogen) atoms. The average Bonchev–Trinajstić information content (AvgIpc) is 2.74. The lowest BCUT2D eigenvalue weighted by Gasteiger charge is -2.37. The second kappa shape index (κ2) is 6.42. The van der Waals surface area contributed by atoms with Gasteiger partial charge in [-0.05, 0) is 24.8 Å². The molecule has 1 aliphatic heterocycles. The molecule has 1 heterocycles. The Bertz CT molecular complexity index is 677. The topological polar surface area (TPSA) is 73.1 Å². The molecule has 1 amide bonds. The van der Waals surface area contributed by atoms with E-state index in [1.807, 2.05) is 0 Å². The third-order valence-corrected chi connectivity index (χ3v) is 4.84. The summed E-state index contributed by atoms with van der Waals surface area (Å²) in [6.45, 7) is 0. The molecule has 136 valence electrons. The van der Waals surface area contributed by atoms with E-state index in [-0.39, 0.29) is 22.7 Å². The highest BCUT2D eigenvalue weighted by molar-refractivity contribution is 5.94. The Morgan fingerprint density at radius 3 is 2.56 bits per heavy atom. The van der Waals surface area contributed by atoms with Crippen LogP contribution in [0, 0.1) is 5.92 Å². The number of carbonyl (C=O) groups excluding carboxylic acids is 1. The maximum absolute atomic E-state index is 13.7. The van der Waals surface area contributed by atoms with Gasteiger partial charge in [0, 0.05) is 5.71 Å². The van der Waals surface area contributed by atoms with Gasteiger partial charge in [0.15, 0.2) is 6.10 Å². The molecular formula is C17H19F3N2O3. The van der Waals surface area contributed by atoms with Crippen LogP contribution in [-0.4, -0.2) is 38.7 Å². The van der Waals surface area contributed by atoms with Crippen molar-refractivity contribution in [3.8, 4) is 0 Å². The van der Waals surface area contributed by atoms with Gasteiger partial charge in [-0.1, -0.05) is 43.2 Å². The van der Waals surface area contributed by atoms with Gasteiger partial charge in [0.1, 0.15) is 0 Å². The van der Waals surface area contributed by atoms with Crippen LogP contribution in [-0.2, 0) is 4.79 Å². The summed E-state index contributed by atoms with van der Waals surface area (Å²) in [6, 6.07) is 7.62. The van der Waals surface area contributed by atoms with Crippen molar-refractivity contribution in [1.29, 1.82) is 0 Å². The smallest absolute Gasteiger partial charge is 0.378 e. The maximum Gasteiger partial charge on any atom is 0.439 e. The average molecular weight is 356 g/mol. The van der Waals surface area contributed by atoms with Crippen LogP contribution in [0.5, 0.6) is 0 Å². The molecule has 3 rings (SSSR count). The van der Waals surface area contributed by atoms with Gasteiger partial charge in [-0.2, -0.15) is 23.3 Å². The molecule has 0 unspecified atom stereocenters. The molecule has 0 spiro atoms. The van der Waals surface area contributed by atoms with Gasteiger partial charge in [0.2, 0.25) is 0 Å². The molecular weight excluding hydrogens is 337 g/mol. The quantitative estimate of drug-likeness (QED) is 0.856. The number of hydrogen-bond donors (Lipinski definition) is 2. The van der Waals surface area contributed by atoms with Crippen molar-refractivity contribution >= 4 is 11.6 Å². The van der Waals surface area contributed by atoms with Crippen LogP contribution in [0.3, 0.4) is 0 Å². The van der Waals surface area contributed by atoms with Crippen LogP contribution in [0.25, 0.3) is 0 Å². The lowest BCUT2D eigenvalue weighted by Crippen LogP contribution is -2.61. The Labute approximate surface area is 142 Å². The molecule has 2 N–H and O–H groups in total. The molecule has 0 radical (unpaired) electrons. The van der Waals surface area contributed by atoms with E-state index in [2.05, 4.69) is 5.10 Å². The predicted octanol–water partition coefficient (Wildman–Crippen LogP) is 2.75. The number of nitrogens with zero attached hydrogens (tertiary/aromatic N) is 2. The van der Waals surface area contributed by atoms with Gasteiger partial charge in [-0.25, -0.2) is 0 Å². The summed E-state index contributed by atoms with van der Waals surface area (Å²) in [7, 11) is 0. The van der Waals surface area contributed by atoms with Gasteiger partial charge in [-0.3, -0.25) is 4.79 Å². The summed E-state index contributed by atoms with van der Waals surface area (Å²) in [5.41, 5.74) is -3.10. The van der Waals surface area contributed by atoms with E-state index < -0.39 is 29.8 Å². The third-order valence-electron chi connectivity index (χ3n) is 4.84. The number of fused-ring (bicyclic) bond motifs is 1. The molecule has 1 aromatic carbocycles. The highest BCUT2D eigenvalue weighted by atomic mass is 19.4. The van der Waals surface area contributed by atoms with E-state index in [4.69, 9.17) is 0 Å². The number of aliphatic hydroxyl groups is 2. The standard InChI is InChI=1S/C17H19F3N2O3/c18-17(19,20)16(25)12-9-5-2-6-10-13(12)21-22(16)15(24)14(23)11-7-3-1-4-8-11/h1,3-4,7-8,12,14,23,25H,2,5-6,9-10H2/t12-,14+,16-/m0/s1. The highest BCUT2D eigenvalue weighted by Gasteiger charge is 2.68. The van der Waals surface area contributed by atoms with Crippen molar-refractivity contribution in [3.05, 3.63) is 35.9 Å². The Hall–Kier alpha value is -1.93. The zero-order valence-electron chi connectivity index (χ0n) is 13.4. The minimum absolute atomic E-state index is 0.0516. The van der Waals surface area contributed by atoms with Crippen LogP contribution in [0.2, 0.25) is 0 Å². The number of alkyl halides is 3. The molecule has 1 aromatic rings. The lowest BCUT2D eigenvalue weighted by atomic mass is 9.87. The predicted molar refractivity (Wildman–Crippen MR) is 83.3 cm³/mol. The molecule has 0 saturated heterocycles.